The van der Waals surface area contributed by atoms with E-state index < -0.39 is 0 Å². The molecule has 5 nitrogen and oxygen atoms in total. The van der Waals surface area contributed by atoms with Crippen LogP contribution in [-0.4, -0.2) is 29.6 Å². The van der Waals surface area contributed by atoms with E-state index in [0.29, 0.717) is 18.0 Å². The van der Waals surface area contributed by atoms with Crippen LogP contribution in [0.5, 0.6) is 0 Å². The number of nitrogens with one attached hydrogen (secondary N) is 1. The lowest BCUT2D eigenvalue weighted by Crippen LogP contribution is -2.43. The Morgan fingerprint density at radius 2 is 2.32 bits per heavy atom. The van der Waals surface area contributed by atoms with E-state index in [9.17, 15) is 4.79 Å². The molecular formula is C14H21N3O2. The van der Waals surface area contributed by atoms with Crippen LogP contribution < -0.4 is 11.1 Å². The molecule has 104 valence electrons. The number of pyridine rings is 1. The maximum Gasteiger partial charge on any atom is 0.341 e. The van der Waals surface area contributed by atoms with Crippen LogP contribution in [0.3, 0.4) is 0 Å². The van der Waals surface area contributed by atoms with Gasteiger partial charge < -0.3 is 15.8 Å². The van der Waals surface area contributed by atoms with E-state index in [1.807, 2.05) is 0 Å². The van der Waals surface area contributed by atoms with E-state index >= 15 is 0 Å². The van der Waals surface area contributed by atoms with Crippen LogP contribution in [0.15, 0.2) is 18.3 Å². The molecule has 0 bridgehead atoms. The average molecular weight is 263 g/mol. The number of hydrogen-bond acceptors (Lipinski definition) is 5. The number of nitrogens with zero attached hydrogens (tertiary/aromatic N) is 1. The van der Waals surface area contributed by atoms with Crippen LogP contribution in [0, 0.1) is 0 Å². The van der Waals surface area contributed by atoms with Crippen molar-refractivity contribution in [2.45, 2.75) is 44.7 Å². The fourth-order valence-electron chi connectivity index (χ4n) is 2.41. The molecule has 1 aromatic heterocycles. The Labute approximate surface area is 113 Å². The lowest BCUT2D eigenvalue weighted by Gasteiger charge is -2.30. The fraction of sp³-hybridized carbons (Fsp3) is 0.571. The summed E-state index contributed by atoms with van der Waals surface area (Å²) in [7, 11) is 0. The zero-order chi connectivity index (χ0) is 13.7. The summed E-state index contributed by atoms with van der Waals surface area (Å²) in [4.78, 5) is 16.1. The van der Waals surface area contributed by atoms with Gasteiger partial charge in [-0.15, -0.1) is 0 Å². The minimum absolute atomic E-state index is 0.116. The Hall–Kier alpha value is -1.62. The smallest absolute Gasteiger partial charge is 0.341 e. The first-order valence-electron chi connectivity index (χ1n) is 6.86. The molecule has 1 heterocycles. The number of esters is 1. The van der Waals surface area contributed by atoms with Crippen LogP contribution in [0.25, 0.3) is 0 Å². The van der Waals surface area contributed by atoms with Crippen molar-refractivity contribution in [3.63, 3.8) is 0 Å². The molecule has 0 aromatic carbocycles. The van der Waals surface area contributed by atoms with Gasteiger partial charge in [0, 0.05) is 18.3 Å². The lowest BCUT2D eigenvalue weighted by molar-refractivity contribution is 0.0527. The molecule has 1 aliphatic rings. The summed E-state index contributed by atoms with van der Waals surface area (Å²) < 4.78 is 5.03. The van der Waals surface area contributed by atoms with Crippen molar-refractivity contribution in [1.29, 1.82) is 0 Å². The molecule has 1 aliphatic carbocycles. The van der Waals surface area contributed by atoms with Gasteiger partial charge in [-0.3, -0.25) is 0 Å². The minimum atomic E-state index is -0.345. The first kappa shape index (κ1) is 13.8. The lowest BCUT2D eigenvalue weighted by atomic mass is 9.91. The summed E-state index contributed by atoms with van der Waals surface area (Å²) in [6, 6.07) is 3.75. The highest BCUT2D eigenvalue weighted by atomic mass is 16.5. The molecule has 0 saturated heterocycles. The molecule has 0 amide bonds. The van der Waals surface area contributed by atoms with Crippen molar-refractivity contribution in [2.24, 2.45) is 5.73 Å². The zero-order valence-corrected chi connectivity index (χ0v) is 11.3. The van der Waals surface area contributed by atoms with Crippen molar-refractivity contribution < 1.29 is 9.53 Å². The van der Waals surface area contributed by atoms with Gasteiger partial charge in [-0.2, -0.15) is 0 Å². The number of rotatable bonds is 4. The van der Waals surface area contributed by atoms with Gasteiger partial charge in [0.2, 0.25) is 0 Å². The second kappa shape index (κ2) is 6.52. The second-order valence-electron chi connectivity index (χ2n) is 4.82. The van der Waals surface area contributed by atoms with Gasteiger partial charge in [0.25, 0.3) is 0 Å². The Bertz CT molecular complexity index is 436. The first-order valence-corrected chi connectivity index (χ1v) is 6.86. The standard InChI is InChI=1S/C14H21N3O2/c1-2-19-14(18)10-6-5-9-16-13(10)17-12-8-4-3-7-11(12)15/h5-6,9,11-12H,2-4,7-8,15H2,1H3,(H,16,17)/t11-,12-/m1/s1. The van der Waals surface area contributed by atoms with Gasteiger partial charge in [0.15, 0.2) is 0 Å². The number of ether oxygens (including phenoxy) is 1. The molecule has 1 saturated carbocycles. The minimum Gasteiger partial charge on any atom is -0.462 e. The predicted octanol–water partition coefficient (Wildman–Crippen LogP) is 1.94. The van der Waals surface area contributed by atoms with Gasteiger partial charge in [-0.25, -0.2) is 9.78 Å². The normalized spacial score (nSPS) is 22.8. The van der Waals surface area contributed by atoms with E-state index in [2.05, 4.69) is 10.3 Å². The highest BCUT2D eigenvalue weighted by Gasteiger charge is 2.24. The molecule has 3 N–H and O–H groups in total. The Morgan fingerprint density at radius 3 is 3.05 bits per heavy atom. The Kier molecular flexibility index (Phi) is 4.74. The van der Waals surface area contributed by atoms with Crippen molar-refractivity contribution in [3.8, 4) is 0 Å². The quantitative estimate of drug-likeness (QED) is 0.812. The van der Waals surface area contributed by atoms with Crippen LogP contribution in [-0.2, 0) is 4.74 Å². The van der Waals surface area contributed by atoms with E-state index in [4.69, 9.17) is 10.5 Å². The maximum atomic E-state index is 11.9. The third-order valence-electron chi connectivity index (χ3n) is 3.44. The molecule has 0 unspecified atom stereocenters. The topological polar surface area (TPSA) is 77.2 Å². The average Bonchev–Trinajstić information content (AvgIpc) is 2.42. The van der Waals surface area contributed by atoms with Crippen molar-refractivity contribution in [2.75, 3.05) is 11.9 Å². The van der Waals surface area contributed by atoms with Crippen LogP contribution >= 0.6 is 0 Å². The maximum absolute atomic E-state index is 11.9. The SMILES string of the molecule is CCOC(=O)c1cccnc1N[C@@H]1CCCC[C@H]1N. The van der Waals surface area contributed by atoms with E-state index in [-0.39, 0.29) is 18.1 Å². The van der Waals surface area contributed by atoms with Gasteiger partial charge in [0.05, 0.1) is 6.61 Å². The summed E-state index contributed by atoms with van der Waals surface area (Å²) in [6.45, 7) is 2.15. The van der Waals surface area contributed by atoms with E-state index in [0.717, 1.165) is 19.3 Å². The van der Waals surface area contributed by atoms with E-state index in [1.165, 1.54) is 6.42 Å². The predicted molar refractivity (Wildman–Crippen MR) is 74.0 cm³/mol. The number of nitrogens with two attached hydrogens (primary N) is 1. The number of hydrogen-bond donors (Lipinski definition) is 2. The molecular weight excluding hydrogens is 242 g/mol. The molecule has 0 aliphatic heterocycles. The molecule has 2 atom stereocenters. The number of carbonyl (C=O) groups is 1. The van der Waals surface area contributed by atoms with Gasteiger partial charge in [0.1, 0.15) is 11.4 Å². The second-order valence-corrected chi connectivity index (χ2v) is 4.82. The Morgan fingerprint density at radius 1 is 1.53 bits per heavy atom. The zero-order valence-electron chi connectivity index (χ0n) is 11.3. The van der Waals surface area contributed by atoms with Crippen molar-refractivity contribution in [3.05, 3.63) is 23.9 Å². The van der Waals surface area contributed by atoms with Gasteiger partial charge >= 0.3 is 5.97 Å². The summed E-state index contributed by atoms with van der Waals surface area (Å²) >= 11 is 0. The molecule has 1 fully saturated rings. The number of carbonyl (C=O) groups excluding carboxylic acids is 1. The Balaban J connectivity index is 2.13. The van der Waals surface area contributed by atoms with E-state index in [1.54, 1.807) is 25.3 Å². The largest absolute Gasteiger partial charge is 0.462 e. The molecule has 19 heavy (non-hydrogen) atoms. The summed E-state index contributed by atoms with van der Waals surface area (Å²) in [5.41, 5.74) is 6.58. The highest BCUT2D eigenvalue weighted by Crippen LogP contribution is 2.22. The van der Waals surface area contributed by atoms with Crippen LogP contribution in [0.2, 0.25) is 0 Å². The number of aromatic nitrogens is 1. The monoisotopic (exact) mass is 263 g/mol. The van der Waals surface area contributed by atoms with Crippen LogP contribution in [0.4, 0.5) is 5.82 Å². The number of anilines is 1. The molecule has 0 radical (unpaired) electrons. The molecule has 5 heteroatoms. The fourth-order valence-corrected chi connectivity index (χ4v) is 2.41. The van der Waals surface area contributed by atoms with Crippen molar-refractivity contribution >= 4 is 11.8 Å². The summed E-state index contributed by atoms with van der Waals surface area (Å²) in [5, 5.41) is 3.30. The third-order valence-corrected chi connectivity index (χ3v) is 3.44. The van der Waals surface area contributed by atoms with Crippen LogP contribution in [0.1, 0.15) is 43.0 Å². The first-order chi connectivity index (χ1) is 9.22. The molecule has 2 rings (SSSR count). The van der Waals surface area contributed by atoms with Crippen molar-refractivity contribution in [1.82, 2.24) is 4.98 Å². The molecule has 1 aromatic rings. The van der Waals surface area contributed by atoms with Gasteiger partial charge in [-0.1, -0.05) is 12.8 Å². The summed E-state index contributed by atoms with van der Waals surface area (Å²) in [5.74, 6) is 0.228. The third kappa shape index (κ3) is 3.44. The summed E-state index contributed by atoms with van der Waals surface area (Å²) in [6.07, 6.45) is 6.03. The molecule has 0 spiro atoms. The highest BCUT2D eigenvalue weighted by molar-refractivity contribution is 5.94. The van der Waals surface area contributed by atoms with Gasteiger partial charge in [-0.05, 0) is 31.9 Å².